The monoisotopic (exact) mass is 317 g/mol. The third-order valence-corrected chi connectivity index (χ3v) is 4.66. The summed E-state index contributed by atoms with van der Waals surface area (Å²) in [7, 11) is 1.88. The number of imidazole rings is 1. The summed E-state index contributed by atoms with van der Waals surface area (Å²) in [5.74, 6) is -0.702. The van der Waals surface area contributed by atoms with Gasteiger partial charge in [0.25, 0.3) is 11.7 Å². The van der Waals surface area contributed by atoms with E-state index in [1.165, 1.54) is 16.7 Å². The maximum absolute atomic E-state index is 12.0. The number of β-amino-alcohol motifs (C(OH)–C–C–N with tert-alkyl or cyclic N) is 1. The fraction of sp³-hybridized carbons (Fsp3) is 0.267. The summed E-state index contributed by atoms with van der Waals surface area (Å²) in [6.07, 6.45) is 2.77. The topological polar surface area (TPSA) is 75.4 Å². The summed E-state index contributed by atoms with van der Waals surface area (Å²) >= 11 is 1.41. The molecule has 0 saturated heterocycles. The average Bonchev–Trinajstić information content (AvgIpc) is 3.03. The lowest BCUT2D eigenvalue weighted by molar-refractivity contribution is -0.114. The van der Waals surface area contributed by atoms with E-state index in [2.05, 4.69) is 4.98 Å². The highest BCUT2D eigenvalue weighted by Gasteiger charge is 2.36. The number of carbonyl (C=O) groups is 2. The van der Waals surface area contributed by atoms with Crippen LogP contribution in [0.3, 0.4) is 0 Å². The Hall–Kier alpha value is -2.12. The Labute approximate surface area is 131 Å². The van der Waals surface area contributed by atoms with Crippen molar-refractivity contribution in [1.82, 2.24) is 9.55 Å². The number of aryl methyl sites for hydroxylation is 1. The largest absolute Gasteiger partial charge is 0.390 e. The van der Waals surface area contributed by atoms with Crippen LogP contribution >= 0.6 is 11.8 Å². The lowest BCUT2D eigenvalue weighted by atomic mass is 10.1. The number of aromatic nitrogens is 2. The van der Waals surface area contributed by atoms with Crippen LogP contribution in [0.5, 0.6) is 0 Å². The molecular weight excluding hydrogens is 302 g/mol. The fourth-order valence-electron chi connectivity index (χ4n) is 2.35. The van der Waals surface area contributed by atoms with Crippen LogP contribution < -0.4 is 4.90 Å². The van der Waals surface area contributed by atoms with Crippen LogP contribution in [0.25, 0.3) is 0 Å². The summed E-state index contributed by atoms with van der Waals surface area (Å²) in [6, 6.07) is 6.84. The van der Waals surface area contributed by atoms with Crippen LogP contribution in [-0.2, 0) is 11.8 Å². The van der Waals surface area contributed by atoms with Gasteiger partial charge >= 0.3 is 0 Å². The number of aliphatic hydroxyl groups excluding tert-OH is 1. The van der Waals surface area contributed by atoms with Crippen molar-refractivity contribution in [2.45, 2.75) is 11.3 Å². The summed E-state index contributed by atoms with van der Waals surface area (Å²) in [4.78, 5) is 29.4. The Kier molecular flexibility index (Phi) is 4.00. The second-order valence-electron chi connectivity index (χ2n) is 5.05. The molecule has 1 amide bonds. The first-order chi connectivity index (χ1) is 10.6. The first-order valence-electron chi connectivity index (χ1n) is 6.81. The van der Waals surface area contributed by atoms with Crippen molar-refractivity contribution in [3.8, 4) is 0 Å². The number of benzene rings is 1. The number of Topliss-reactive ketones (excluding diaryl/α,β-unsaturated/α-hetero) is 1. The first kappa shape index (κ1) is 14.8. The summed E-state index contributed by atoms with van der Waals surface area (Å²) in [5.41, 5.74) is 0.968. The Morgan fingerprint density at radius 3 is 2.82 bits per heavy atom. The lowest BCUT2D eigenvalue weighted by Crippen LogP contribution is -2.37. The molecule has 0 bridgehead atoms. The minimum Gasteiger partial charge on any atom is -0.390 e. The van der Waals surface area contributed by atoms with E-state index in [1.807, 2.05) is 17.8 Å². The number of hydrogen-bond acceptors (Lipinski definition) is 5. The number of hydrogen-bond donors (Lipinski definition) is 1. The van der Waals surface area contributed by atoms with Gasteiger partial charge in [0.2, 0.25) is 0 Å². The molecule has 6 nitrogen and oxygen atoms in total. The molecule has 7 heteroatoms. The predicted molar refractivity (Wildman–Crippen MR) is 83.1 cm³/mol. The van der Waals surface area contributed by atoms with Crippen molar-refractivity contribution in [3.05, 3.63) is 42.2 Å². The molecule has 2 aromatic rings. The molecule has 0 saturated carbocycles. The van der Waals surface area contributed by atoms with E-state index in [9.17, 15) is 14.7 Å². The maximum atomic E-state index is 12.0. The first-order valence-corrected chi connectivity index (χ1v) is 7.80. The quantitative estimate of drug-likeness (QED) is 0.660. The van der Waals surface area contributed by atoms with Gasteiger partial charge < -0.3 is 14.6 Å². The van der Waals surface area contributed by atoms with Crippen molar-refractivity contribution in [3.63, 3.8) is 0 Å². The van der Waals surface area contributed by atoms with E-state index in [1.54, 1.807) is 30.5 Å². The van der Waals surface area contributed by atoms with E-state index in [4.69, 9.17) is 0 Å². The number of amides is 1. The number of anilines is 1. The molecule has 114 valence electrons. The highest BCUT2D eigenvalue weighted by atomic mass is 32.2. The number of thioether (sulfide) groups is 1. The number of carbonyl (C=O) groups excluding carboxylic acids is 2. The third-order valence-electron chi connectivity index (χ3n) is 3.45. The number of aliphatic hydroxyl groups is 1. The molecule has 1 aromatic heterocycles. The Morgan fingerprint density at radius 2 is 2.09 bits per heavy atom. The van der Waals surface area contributed by atoms with Gasteiger partial charge in [-0.05, 0) is 12.1 Å². The van der Waals surface area contributed by atoms with E-state index in [-0.39, 0.29) is 6.54 Å². The molecule has 0 spiro atoms. The van der Waals surface area contributed by atoms with Gasteiger partial charge in [-0.3, -0.25) is 9.59 Å². The van der Waals surface area contributed by atoms with Crippen LogP contribution in [0.2, 0.25) is 0 Å². The molecule has 3 rings (SSSR count). The number of para-hydroxylation sites is 1. The molecule has 1 aliphatic rings. The Morgan fingerprint density at radius 1 is 1.32 bits per heavy atom. The van der Waals surface area contributed by atoms with E-state index < -0.39 is 17.8 Å². The number of fused-ring (bicyclic) bond motifs is 1. The van der Waals surface area contributed by atoms with Crippen molar-refractivity contribution in [2.75, 3.05) is 17.2 Å². The highest BCUT2D eigenvalue weighted by molar-refractivity contribution is 7.99. The van der Waals surface area contributed by atoms with Crippen molar-refractivity contribution in [2.24, 2.45) is 7.05 Å². The standard InChI is InChI=1S/C15H15N3O3S/c1-17-7-6-16-15(17)22-9-10(19)8-18-12-5-3-2-4-11(12)13(20)14(18)21/h2-7,10,19H,8-9H2,1H3. The summed E-state index contributed by atoms with van der Waals surface area (Å²) in [5, 5.41) is 11.0. The van der Waals surface area contributed by atoms with Gasteiger partial charge in [0.1, 0.15) is 0 Å². The molecular formula is C15H15N3O3S. The highest BCUT2D eigenvalue weighted by Crippen LogP contribution is 2.29. The maximum Gasteiger partial charge on any atom is 0.299 e. The fourth-order valence-corrected chi connectivity index (χ4v) is 3.20. The molecule has 0 aliphatic carbocycles. The van der Waals surface area contributed by atoms with Gasteiger partial charge in [0.05, 0.1) is 23.9 Å². The van der Waals surface area contributed by atoms with Crippen LogP contribution in [0, 0.1) is 0 Å². The molecule has 1 aliphatic heterocycles. The summed E-state index contributed by atoms with van der Waals surface area (Å²) in [6.45, 7) is 0.0962. The van der Waals surface area contributed by atoms with Crippen molar-refractivity contribution in [1.29, 1.82) is 0 Å². The molecule has 1 atom stereocenters. The van der Waals surface area contributed by atoms with Gasteiger partial charge in [0.15, 0.2) is 5.16 Å². The zero-order valence-electron chi connectivity index (χ0n) is 12.0. The van der Waals surface area contributed by atoms with Gasteiger partial charge in [-0.15, -0.1) is 0 Å². The van der Waals surface area contributed by atoms with E-state index in [0.717, 1.165) is 5.16 Å². The average molecular weight is 317 g/mol. The van der Waals surface area contributed by atoms with E-state index in [0.29, 0.717) is 17.0 Å². The molecule has 0 radical (unpaired) electrons. The van der Waals surface area contributed by atoms with Gasteiger partial charge in [-0.2, -0.15) is 0 Å². The zero-order chi connectivity index (χ0) is 15.7. The minimum absolute atomic E-state index is 0.0962. The second-order valence-corrected chi connectivity index (χ2v) is 6.03. The normalized spacial score (nSPS) is 15.3. The molecule has 1 aromatic carbocycles. The van der Waals surface area contributed by atoms with Crippen molar-refractivity contribution < 1.29 is 14.7 Å². The number of rotatable bonds is 5. The molecule has 1 unspecified atom stereocenters. The number of nitrogens with zero attached hydrogens (tertiary/aromatic N) is 3. The smallest absolute Gasteiger partial charge is 0.299 e. The molecule has 22 heavy (non-hydrogen) atoms. The van der Waals surface area contributed by atoms with Crippen molar-refractivity contribution >= 4 is 29.1 Å². The van der Waals surface area contributed by atoms with Gasteiger partial charge in [0, 0.05) is 25.2 Å². The SMILES string of the molecule is Cn1ccnc1SCC(O)CN1C(=O)C(=O)c2ccccc21. The molecule has 1 N–H and O–H groups in total. The second kappa shape index (κ2) is 5.94. The van der Waals surface area contributed by atoms with Gasteiger partial charge in [-0.1, -0.05) is 23.9 Å². The Balaban J connectivity index is 1.67. The predicted octanol–water partition coefficient (Wildman–Crippen LogP) is 1.10. The van der Waals surface area contributed by atoms with Crippen LogP contribution in [0.1, 0.15) is 10.4 Å². The van der Waals surface area contributed by atoms with Crippen LogP contribution in [0.4, 0.5) is 5.69 Å². The third kappa shape index (κ3) is 2.65. The lowest BCUT2D eigenvalue weighted by Gasteiger charge is -2.20. The Bertz CT molecular complexity index is 728. The van der Waals surface area contributed by atoms with Crippen LogP contribution in [0.15, 0.2) is 41.8 Å². The zero-order valence-corrected chi connectivity index (χ0v) is 12.8. The van der Waals surface area contributed by atoms with Crippen LogP contribution in [-0.4, -0.2) is 44.7 Å². The van der Waals surface area contributed by atoms with E-state index >= 15 is 0 Å². The number of ketones is 1. The summed E-state index contributed by atoms with van der Waals surface area (Å²) < 4.78 is 1.86. The molecule has 2 heterocycles. The van der Waals surface area contributed by atoms with Gasteiger partial charge in [-0.25, -0.2) is 4.98 Å². The minimum atomic E-state index is -0.746. The molecule has 0 fully saturated rings.